The van der Waals surface area contributed by atoms with Gasteiger partial charge in [0, 0.05) is 24.9 Å². The lowest BCUT2D eigenvalue weighted by Gasteiger charge is -2.19. The standard InChI is InChI=1S/C12H19N3O/c1-9(16-2)7-13-12-10-5-3-4-6-11(10)14-8-15-12/h8-9H,3-7H2,1-2H3,(H,13,14,15). The molecule has 4 nitrogen and oxygen atoms in total. The maximum atomic E-state index is 5.21. The highest BCUT2D eigenvalue weighted by molar-refractivity contribution is 5.46. The van der Waals surface area contributed by atoms with E-state index in [1.807, 2.05) is 6.92 Å². The third-order valence-electron chi connectivity index (χ3n) is 3.08. The van der Waals surface area contributed by atoms with Gasteiger partial charge in [-0.05, 0) is 32.6 Å². The summed E-state index contributed by atoms with van der Waals surface area (Å²) in [6.07, 6.45) is 6.54. The molecule has 1 atom stereocenters. The minimum absolute atomic E-state index is 0.203. The molecule has 0 saturated heterocycles. The first-order valence-electron chi connectivity index (χ1n) is 5.90. The zero-order valence-electron chi connectivity index (χ0n) is 9.99. The molecule has 0 amide bonds. The molecule has 1 aromatic rings. The van der Waals surface area contributed by atoms with Crippen molar-refractivity contribution in [2.75, 3.05) is 19.0 Å². The normalized spacial score (nSPS) is 16.6. The van der Waals surface area contributed by atoms with Gasteiger partial charge in [-0.2, -0.15) is 0 Å². The van der Waals surface area contributed by atoms with Crippen LogP contribution in [0.2, 0.25) is 0 Å². The highest BCUT2D eigenvalue weighted by Gasteiger charge is 2.15. The van der Waals surface area contributed by atoms with Gasteiger partial charge in [-0.25, -0.2) is 9.97 Å². The Hall–Kier alpha value is -1.16. The fourth-order valence-electron chi connectivity index (χ4n) is 2.00. The first-order valence-corrected chi connectivity index (χ1v) is 5.90. The molecule has 0 fully saturated rings. The summed E-state index contributed by atoms with van der Waals surface area (Å²) in [6.45, 7) is 2.83. The van der Waals surface area contributed by atoms with Crippen LogP contribution in [-0.4, -0.2) is 29.7 Å². The molecule has 2 rings (SSSR count). The number of aryl methyl sites for hydroxylation is 1. The summed E-state index contributed by atoms with van der Waals surface area (Å²) >= 11 is 0. The summed E-state index contributed by atoms with van der Waals surface area (Å²) in [5, 5.41) is 3.35. The second-order valence-electron chi connectivity index (χ2n) is 4.28. The number of hydrogen-bond donors (Lipinski definition) is 1. The number of methoxy groups -OCH3 is 1. The quantitative estimate of drug-likeness (QED) is 0.842. The van der Waals surface area contributed by atoms with E-state index >= 15 is 0 Å². The molecule has 88 valence electrons. The van der Waals surface area contributed by atoms with Gasteiger partial charge in [0.05, 0.1) is 6.10 Å². The third-order valence-corrected chi connectivity index (χ3v) is 3.08. The monoisotopic (exact) mass is 221 g/mol. The van der Waals surface area contributed by atoms with E-state index in [2.05, 4.69) is 15.3 Å². The Morgan fingerprint density at radius 2 is 2.19 bits per heavy atom. The van der Waals surface area contributed by atoms with Crippen molar-refractivity contribution in [1.29, 1.82) is 0 Å². The van der Waals surface area contributed by atoms with Gasteiger partial charge in [0.15, 0.2) is 0 Å². The van der Waals surface area contributed by atoms with Gasteiger partial charge in [0.1, 0.15) is 12.1 Å². The molecular formula is C12H19N3O. The van der Waals surface area contributed by atoms with E-state index in [0.717, 1.165) is 25.2 Å². The van der Waals surface area contributed by atoms with E-state index in [-0.39, 0.29) is 6.10 Å². The topological polar surface area (TPSA) is 47.0 Å². The van der Waals surface area contributed by atoms with E-state index in [4.69, 9.17) is 4.74 Å². The van der Waals surface area contributed by atoms with Gasteiger partial charge in [0.2, 0.25) is 0 Å². The molecule has 1 aromatic heterocycles. The van der Waals surface area contributed by atoms with Crippen molar-refractivity contribution < 1.29 is 4.74 Å². The number of aromatic nitrogens is 2. The molecule has 1 unspecified atom stereocenters. The van der Waals surface area contributed by atoms with Crippen molar-refractivity contribution in [3.8, 4) is 0 Å². The molecule has 0 aromatic carbocycles. The third kappa shape index (κ3) is 2.50. The van der Waals surface area contributed by atoms with Crippen molar-refractivity contribution in [3.05, 3.63) is 17.6 Å². The molecule has 0 spiro atoms. The lowest BCUT2D eigenvalue weighted by Crippen LogP contribution is -2.20. The van der Waals surface area contributed by atoms with Gasteiger partial charge in [0.25, 0.3) is 0 Å². The molecule has 0 aliphatic heterocycles. The number of anilines is 1. The Morgan fingerprint density at radius 1 is 1.38 bits per heavy atom. The fourth-order valence-corrected chi connectivity index (χ4v) is 2.00. The Balaban J connectivity index is 2.08. The van der Waals surface area contributed by atoms with Gasteiger partial charge in [-0.1, -0.05) is 0 Å². The number of rotatable bonds is 4. The van der Waals surface area contributed by atoms with Crippen LogP contribution in [0.25, 0.3) is 0 Å². The number of nitrogens with one attached hydrogen (secondary N) is 1. The second kappa shape index (κ2) is 5.25. The molecule has 1 aliphatic rings. The fraction of sp³-hybridized carbons (Fsp3) is 0.667. The molecule has 0 saturated carbocycles. The lowest BCUT2D eigenvalue weighted by atomic mass is 9.96. The maximum absolute atomic E-state index is 5.21. The molecule has 4 heteroatoms. The summed E-state index contributed by atoms with van der Waals surface area (Å²) in [6, 6.07) is 0. The van der Waals surface area contributed by atoms with Crippen LogP contribution in [0.3, 0.4) is 0 Å². The molecule has 0 bridgehead atoms. The first kappa shape index (κ1) is 11.3. The van der Waals surface area contributed by atoms with Gasteiger partial charge in [-0.3, -0.25) is 0 Å². The summed E-state index contributed by atoms with van der Waals surface area (Å²) < 4.78 is 5.21. The average Bonchev–Trinajstić information content (AvgIpc) is 2.35. The summed E-state index contributed by atoms with van der Waals surface area (Å²) in [5.74, 6) is 0.994. The van der Waals surface area contributed by atoms with Gasteiger partial charge >= 0.3 is 0 Å². The van der Waals surface area contributed by atoms with Crippen LogP contribution in [0.1, 0.15) is 31.0 Å². The molecule has 16 heavy (non-hydrogen) atoms. The van der Waals surface area contributed by atoms with Crippen LogP contribution in [0, 0.1) is 0 Å². The molecule has 0 radical (unpaired) electrons. The average molecular weight is 221 g/mol. The van der Waals surface area contributed by atoms with E-state index in [1.54, 1.807) is 13.4 Å². The van der Waals surface area contributed by atoms with E-state index in [0.29, 0.717) is 0 Å². The minimum atomic E-state index is 0.203. The smallest absolute Gasteiger partial charge is 0.132 e. The molecule has 1 N–H and O–H groups in total. The van der Waals surface area contributed by atoms with Crippen LogP contribution in [0.5, 0.6) is 0 Å². The van der Waals surface area contributed by atoms with E-state index in [9.17, 15) is 0 Å². The number of nitrogens with zero attached hydrogens (tertiary/aromatic N) is 2. The highest BCUT2D eigenvalue weighted by atomic mass is 16.5. The summed E-state index contributed by atoms with van der Waals surface area (Å²) in [4.78, 5) is 8.67. The van der Waals surface area contributed by atoms with Crippen LogP contribution in [0.4, 0.5) is 5.82 Å². The highest BCUT2D eigenvalue weighted by Crippen LogP contribution is 2.24. The molecule has 1 heterocycles. The minimum Gasteiger partial charge on any atom is -0.380 e. The summed E-state index contributed by atoms with van der Waals surface area (Å²) in [7, 11) is 1.72. The van der Waals surface area contributed by atoms with E-state index in [1.165, 1.54) is 24.1 Å². The Morgan fingerprint density at radius 3 is 3.00 bits per heavy atom. The largest absolute Gasteiger partial charge is 0.380 e. The summed E-state index contributed by atoms with van der Waals surface area (Å²) in [5.41, 5.74) is 2.52. The number of hydrogen-bond acceptors (Lipinski definition) is 4. The zero-order chi connectivity index (χ0) is 11.4. The second-order valence-corrected chi connectivity index (χ2v) is 4.28. The van der Waals surface area contributed by atoms with Crippen molar-refractivity contribution in [2.24, 2.45) is 0 Å². The van der Waals surface area contributed by atoms with Crippen molar-refractivity contribution >= 4 is 5.82 Å². The van der Waals surface area contributed by atoms with Crippen LogP contribution in [0.15, 0.2) is 6.33 Å². The Bertz CT molecular complexity index is 354. The molecule has 1 aliphatic carbocycles. The van der Waals surface area contributed by atoms with Crippen molar-refractivity contribution in [3.63, 3.8) is 0 Å². The van der Waals surface area contributed by atoms with Gasteiger partial charge in [-0.15, -0.1) is 0 Å². The Labute approximate surface area is 96.4 Å². The van der Waals surface area contributed by atoms with Crippen LogP contribution < -0.4 is 5.32 Å². The predicted molar refractivity (Wildman–Crippen MR) is 63.6 cm³/mol. The zero-order valence-corrected chi connectivity index (χ0v) is 9.99. The van der Waals surface area contributed by atoms with Crippen LogP contribution in [-0.2, 0) is 17.6 Å². The van der Waals surface area contributed by atoms with E-state index < -0.39 is 0 Å². The lowest BCUT2D eigenvalue weighted by molar-refractivity contribution is 0.128. The first-order chi connectivity index (χ1) is 7.81. The number of ether oxygens (including phenoxy) is 1. The Kier molecular flexibility index (Phi) is 3.72. The maximum Gasteiger partial charge on any atom is 0.132 e. The van der Waals surface area contributed by atoms with Crippen LogP contribution >= 0.6 is 0 Å². The number of fused-ring (bicyclic) bond motifs is 1. The SMILES string of the molecule is COC(C)CNc1ncnc2c1CCCC2. The molecular weight excluding hydrogens is 202 g/mol. The van der Waals surface area contributed by atoms with Crippen molar-refractivity contribution in [2.45, 2.75) is 38.7 Å². The van der Waals surface area contributed by atoms with Crippen molar-refractivity contribution in [1.82, 2.24) is 9.97 Å². The van der Waals surface area contributed by atoms with Gasteiger partial charge < -0.3 is 10.1 Å². The predicted octanol–water partition coefficient (Wildman–Crippen LogP) is 1.80.